The fraction of sp³-hybridized carbons (Fsp3) is 0.269. The summed E-state index contributed by atoms with van der Waals surface area (Å²) >= 11 is 0. The topological polar surface area (TPSA) is 9.23 Å². The molecule has 1 spiro atoms. The number of hydrogen-bond acceptors (Lipinski definition) is 1. The molecule has 4 bridgehead atoms. The van der Waals surface area contributed by atoms with Crippen LogP contribution in [0, 0.1) is 23.7 Å². The molecule has 0 N–H and O–H groups in total. The first-order chi connectivity index (χ1) is 26.0. The van der Waals surface area contributed by atoms with Crippen molar-refractivity contribution >= 4 is 21.5 Å². The van der Waals surface area contributed by atoms with Gasteiger partial charge in [0.15, 0.2) is 0 Å². The molecule has 7 aromatic carbocycles. The summed E-state index contributed by atoms with van der Waals surface area (Å²) in [4.78, 5) is 0. The van der Waals surface area contributed by atoms with Gasteiger partial charge in [0.2, 0.25) is 0 Å². The molecule has 260 valence electrons. The third kappa shape index (κ3) is 4.37. The maximum Gasteiger partial charge on any atom is 0.122 e. The van der Waals surface area contributed by atoms with E-state index in [9.17, 15) is 0 Å². The van der Waals surface area contributed by atoms with Crippen LogP contribution in [0.5, 0.6) is 5.75 Å². The van der Waals surface area contributed by atoms with E-state index in [4.69, 9.17) is 4.74 Å². The summed E-state index contributed by atoms with van der Waals surface area (Å²) < 4.78 is 6.11. The Morgan fingerprint density at radius 2 is 1.04 bits per heavy atom. The van der Waals surface area contributed by atoms with Crippen molar-refractivity contribution in [1.82, 2.24) is 0 Å². The zero-order valence-electron chi connectivity index (χ0n) is 31.0. The van der Waals surface area contributed by atoms with E-state index in [1.807, 2.05) is 7.11 Å². The summed E-state index contributed by atoms with van der Waals surface area (Å²) in [6.45, 7) is 4.65. The van der Waals surface area contributed by atoms with E-state index in [-0.39, 0.29) is 5.41 Å². The van der Waals surface area contributed by atoms with Crippen LogP contribution in [0.25, 0.3) is 66.1 Å². The minimum atomic E-state index is 0.0736. The average molecular weight is 687 g/mol. The summed E-state index contributed by atoms with van der Waals surface area (Å²) in [6, 6.07) is 50.8. The number of methoxy groups -OCH3 is 1. The van der Waals surface area contributed by atoms with E-state index in [1.54, 1.807) is 11.1 Å². The number of benzene rings is 7. The van der Waals surface area contributed by atoms with E-state index >= 15 is 0 Å². The Hall–Kier alpha value is -5.14. The Morgan fingerprint density at radius 1 is 0.491 bits per heavy atom. The molecule has 0 radical (unpaired) electrons. The number of rotatable bonds is 5. The van der Waals surface area contributed by atoms with Crippen LogP contribution in [0.2, 0.25) is 0 Å². The van der Waals surface area contributed by atoms with E-state index in [2.05, 4.69) is 147 Å². The van der Waals surface area contributed by atoms with E-state index < -0.39 is 0 Å². The van der Waals surface area contributed by atoms with Crippen LogP contribution in [0.3, 0.4) is 0 Å². The first-order valence-corrected chi connectivity index (χ1v) is 20.0. The highest BCUT2D eigenvalue weighted by molar-refractivity contribution is 6.22. The molecule has 0 unspecified atom stereocenters. The molecule has 7 aromatic rings. The van der Waals surface area contributed by atoms with Crippen molar-refractivity contribution in [3.63, 3.8) is 0 Å². The van der Waals surface area contributed by atoms with Gasteiger partial charge < -0.3 is 4.74 Å². The van der Waals surface area contributed by atoms with Gasteiger partial charge in [0.1, 0.15) is 5.75 Å². The second-order valence-corrected chi connectivity index (χ2v) is 17.0. The van der Waals surface area contributed by atoms with Crippen molar-refractivity contribution in [3.05, 3.63) is 150 Å². The largest absolute Gasteiger partial charge is 0.496 e. The van der Waals surface area contributed by atoms with Gasteiger partial charge in [-0.25, -0.2) is 0 Å². The molecular weight excluding hydrogens is 641 g/mol. The van der Waals surface area contributed by atoms with Crippen molar-refractivity contribution in [2.24, 2.45) is 23.7 Å². The number of hydrogen-bond donors (Lipinski definition) is 0. The standard InChI is InChI=1S/C52H46O/c1-31(2)45-29-48-46(30-49(45)53-3)39-22-21-35(28-47(39)52(48)36-24-32-23-33(26-36)27-37(52)25-32)50-41-17-9-11-19-43(41)51(44-20-12-10-18-42(44)50)40-16-8-7-15-38(40)34-13-5-4-6-14-34/h4-22,28-33,36-37H,23-27H2,1-3H3. The molecule has 5 aliphatic carbocycles. The summed E-state index contributed by atoms with van der Waals surface area (Å²) in [6.07, 6.45) is 6.96. The van der Waals surface area contributed by atoms with E-state index in [0.29, 0.717) is 17.8 Å². The van der Waals surface area contributed by atoms with Crippen LogP contribution < -0.4 is 4.74 Å². The fourth-order valence-electron chi connectivity index (χ4n) is 12.3. The van der Waals surface area contributed by atoms with Gasteiger partial charge in [0.05, 0.1) is 7.11 Å². The molecule has 53 heavy (non-hydrogen) atoms. The highest BCUT2D eigenvalue weighted by Gasteiger charge is 2.61. The molecular formula is C52H46O. The Bertz CT molecular complexity index is 2500. The maximum atomic E-state index is 6.11. The molecule has 1 nitrogen and oxygen atoms in total. The average Bonchev–Trinajstić information content (AvgIpc) is 3.47. The maximum absolute atomic E-state index is 6.11. The second kappa shape index (κ2) is 11.7. The molecule has 4 fully saturated rings. The molecule has 0 aliphatic heterocycles. The second-order valence-electron chi connectivity index (χ2n) is 17.0. The summed E-state index contributed by atoms with van der Waals surface area (Å²) in [7, 11) is 1.85. The predicted octanol–water partition coefficient (Wildman–Crippen LogP) is 13.8. The third-order valence-electron chi connectivity index (χ3n) is 14.1. The smallest absolute Gasteiger partial charge is 0.122 e. The highest BCUT2D eigenvalue weighted by atomic mass is 16.5. The lowest BCUT2D eigenvalue weighted by Gasteiger charge is -2.61. The van der Waals surface area contributed by atoms with Crippen LogP contribution >= 0.6 is 0 Å². The summed E-state index contributed by atoms with van der Waals surface area (Å²) in [5, 5.41) is 5.26. The molecule has 0 amide bonds. The molecule has 5 aliphatic rings. The van der Waals surface area contributed by atoms with Crippen molar-refractivity contribution in [2.75, 3.05) is 7.11 Å². The third-order valence-corrected chi connectivity index (χ3v) is 14.1. The Labute approximate surface area is 313 Å². The van der Waals surface area contributed by atoms with Crippen LogP contribution in [0.4, 0.5) is 0 Å². The molecule has 12 rings (SSSR count). The van der Waals surface area contributed by atoms with Gasteiger partial charge in [0.25, 0.3) is 0 Å². The molecule has 0 saturated heterocycles. The lowest BCUT2D eigenvalue weighted by atomic mass is 9.43. The highest BCUT2D eigenvalue weighted by Crippen LogP contribution is 2.70. The van der Waals surface area contributed by atoms with Crippen molar-refractivity contribution in [3.8, 4) is 50.3 Å². The number of fused-ring (bicyclic) bond motifs is 5. The molecule has 0 heterocycles. The Morgan fingerprint density at radius 3 is 1.64 bits per heavy atom. The van der Waals surface area contributed by atoms with Gasteiger partial charge in [-0.2, -0.15) is 0 Å². The first kappa shape index (κ1) is 31.4. The Kier molecular flexibility index (Phi) is 6.92. The van der Waals surface area contributed by atoms with Gasteiger partial charge in [-0.3, -0.25) is 0 Å². The van der Waals surface area contributed by atoms with Crippen LogP contribution in [-0.4, -0.2) is 7.11 Å². The molecule has 1 heteroatoms. The summed E-state index contributed by atoms with van der Waals surface area (Å²) in [5.74, 6) is 4.66. The zero-order chi connectivity index (χ0) is 35.4. The van der Waals surface area contributed by atoms with E-state index in [0.717, 1.165) is 17.6 Å². The van der Waals surface area contributed by atoms with E-state index in [1.165, 1.54) is 104 Å². The molecule has 0 aromatic heterocycles. The molecule has 4 saturated carbocycles. The van der Waals surface area contributed by atoms with Gasteiger partial charge in [-0.1, -0.05) is 135 Å². The van der Waals surface area contributed by atoms with Crippen molar-refractivity contribution in [1.29, 1.82) is 0 Å². The first-order valence-electron chi connectivity index (χ1n) is 20.0. The lowest BCUT2D eigenvalue weighted by molar-refractivity contribution is -0.0399. The van der Waals surface area contributed by atoms with Crippen LogP contribution in [-0.2, 0) is 5.41 Å². The lowest BCUT2D eigenvalue weighted by Crippen LogP contribution is -2.55. The normalized spacial score (nSPS) is 23.6. The number of ether oxygens (including phenoxy) is 1. The van der Waals surface area contributed by atoms with Crippen LogP contribution in [0.1, 0.15) is 68.6 Å². The zero-order valence-corrected chi connectivity index (χ0v) is 31.0. The van der Waals surface area contributed by atoms with Crippen molar-refractivity contribution in [2.45, 2.75) is 57.3 Å². The fourth-order valence-corrected chi connectivity index (χ4v) is 12.3. The van der Waals surface area contributed by atoms with Crippen LogP contribution in [0.15, 0.2) is 133 Å². The predicted molar refractivity (Wildman–Crippen MR) is 222 cm³/mol. The van der Waals surface area contributed by atoms with Gasteiger partial charge in [-0.05, 0) is 157 Å². The Balaban J connectivity index is 1.19. The summed E-state index contributed by atoms with van der Waals surface area (Å²) in [5.41, 5.74) is 15.3. The van der Waals surface area contributed by atoms with Gasteiger partial charge in [-0.15, -0.1) is 0 Å². The minimum absolute atomic E-state index is 0.0736. The quantitative estimate of drug-likeness (QED) is 0.164. The molecule has 0 atom stereocenters. The monoisotopic (exact) mass is 686 g/mol. The minimum Gasteiger partial charge on any atom is -0.496 e. The van der Waals surface area contributed by atoms with Crippen molar-refractivity contribution < 1.29 is 4.74 Å². The SMILES string of the molecule is COc1cc2c(cc1C(C)C)C1(c3cc(-c4c5ccccc5c(-c5ccccc5-c5ccccc5)c5ccccc45)ccc3-2)C2CC3CC(C2)CC1C3. The van der Waals surface area contributed by atoms with Gasteiger partial charge in [0, 0.05) is 5.41 Å². The van der Waals surface area contributed by atoms with Gasteiger partial charge >= 0.3 is 0 Å².